The zero-order valence-electron chi connectivity index (χ0n) is 13.3. The predicted octanol–water partition coefficient (Wildman–Crippen LogP) is 2.59. The number of carbonyl (C=O) groups excluding carboxylic acids is 1. The van der Waals surface area contributed by atoms with Crippen LogP contribution in [-0.2, 0) is 9.47 Å². The van der Waals surface area contributed by atoms with E-state index in [1.807, 2.05) is 18.2 Å². The van der Waals surface area contributed by atoms with Gasteiger partial charge in [-0.25, -0.2) is 4.79 Å². The molecule has 4 nitrogen and oxygen atoms in total. The average molecular weight is 291 g/mol. The van der Waals surface area contributed by atoms with Crippen molar-refractivity contribution in [1.29, 1.82) is 0 Å². The van der Waals surface area contributed by atoms with Crippen molar-refractivity contribution in [3.63, 3.8) is 0 Å². The molecule has 1 fully saturated rings. The topological polar surface area (TPSA) is 38.8 Å². The van der Waals surface area contributed by atoms with Crippen molar-refractivity contribution in [3.05, 3.63) is 35.9 Å². The highest BCUT2D eigenvalue weighted by molar-refractivity contribution is 5.89. The van der Waals surface area contributed by atoms with Crippen LogP contribution in [0.25, 0.3) is 0 Å². The first-order valence-electron chi connectivity index (χ1n) is 7.53. The standard InChI is InChI=1S/C17H25NO3/c1-12-13(2)21-15(10-16(12)18(3)4)11-20-17(19)14-8-6-5-7-9-14/h5-9,12-13,15-16H,10-11H2,1-4H3/t12-,13-,15-,16?/m0/s1. The van der Waals surface area contributed by atoms with E-state index in [1.54, 1.807) is 12.1 Å². The van der Waals surface area contributed by atoms with Crippen molar-refractivity contribution in [2.24, 2.45) is 5.92 Å². The fraction of sp³-hybridized carbons (Fsp3) is 0.588. The number of benzene rings is 1. The summed E-state index contributed by atoms with van der Waals surface area (Å²) in [6.07, 6.45) is 1.03. The van der Waals surface area contributed by atoms with Gasteiger partial charge in [0.2, 0.25) is 0 Å². The third-order valence-corrected chi connectivity index (χ3v) is 4.33. The molecular formula is C17H25NO3. The van der Waals surface area contributed by atoms with E-state index < -0.39 is 0 Å². The first-order chi connectivity index (χ1) is 9.99. The van der Waals surface area contributed by atoms with Crippen LogP contribution in [-0.4, -0.2) is 49.8 Å². The lowest BCUT2D eigenvalue weighted by Gasteiger charge is -2.42. The largest absolute Gasteiger partial charge is 0.459 e. The zero-order chi connectivity index (χ0) is 15.4. The second-order valence-electron chi connectivity index (χ2n) is 6.05. The van der Waals surface area contributed by atoms with Gasteiger partial charge in [-0.2, -0.15) is 0 Å². The molecule has 1 aliphatic heterocycles. The van der Waals surface area contributed by atoms with Crippen molar-refractivity contribution in [3.8, 4) is 0 Å². The van der Waals surface area contributed by atoms with E-state index in [9.17, 15) is 4.79 Å². The number of ether oxygens (including phenoxy) is 2. The normalized spacial score (nSPS) is 29.4. The quantitative estimate of drug-likeness (QED) is 0.799. The monoisotopic (exact) mass is 291 g/mol. The van der Waals surface area contributed by atoms with Gasteiger partial charge in [-0.15, -0.1) is 0 Å². The minimum atomic E-state index is -0.285. The molecular weight excluding hydrogens is 266 g/mol. The molecule has 4 heteroatoms. The Morgan fingerprint density at radius 1 is 1.29 bits per heavy atom. The lowest BCUT2D eigenvalue weighted by molar-refractivity contribution is -0.117. The molecule has 21 heavy (non-hydrogen) atoms. The Balaban J connectivity index is 1.90. The maximum Gasteiger partial charge on any atom is 0.338 e. The molecule has 116 valence electrons. The summed E-state index contributed by atoms with van der Waals surface area (Å²) in [5.74, 6) is 0.188. The second-order valence-corrected chi connectivity index (χ2v) is 6.05. The molecule has 0 aromatic heterocycles. The SMILES string of the molecule is C[C@@H]1O[C@H](COC(=O)c2ccccc2)CC(N(C)C)[C@H]1C. The van der Waals surface area contributed by atoms with Gasteiger partial charge in [0.15, 0.2) is 0 Å². The van der Waals surface area contributed by atoms with E-state index in [4.69, 9.17) is 9.47 Å². The van der Waals surface area contributed by atoms with Gasteiger partial charge in [-0.05, 0) is 45.5 Å². The summed E-state index contributed by atoms with van der Waals surface area (Å²) in [7, 11) is 4.18. The Bertz CT molecular complexity index is 460. The average Bonchev–Trinajstić information content (AvgIpc) is 2.48. The lowest BCUT2D eigenvalue weighted by Crippen LogP contribution is -2.49. The van der Waals surface area contributed by atoms with Gasteiger partial charge in [-0.1, -0.05) is 25.1 Å². The molecule has 0 saturated carbocycles. The van der Waals surface area contributed by atoms with Gasteiger partial charge in [0.1, 0.15) is 6.61 Å². The molecule has 1 aromatic carbocycles. The van der Waals surface area contributed by atoms with Crippen LogP contribution in [0, 0.1) is 5.92 Å². The number of rotatable bonds is 4. The third-order valence-electron chi connectivity index (χ3n) is 4.33. The van der Waals surface area contributed by atoms with Gasteiger partial charge in [0.05, 0.1) is 17.8 Å². The van der Waals surface area contributed by atoms with E-state index in [2.05, 4.69) is 32.8 Å². The van der Waals surface area contributed by atoms with Crippen molar-refractivity contribution in [2.75, 3.05) is 20.7 Å². The summed E-state index contributed by atoms with van der Waals surface area (Å²) in [6.45, 7) is 4.61. The molecule has 0 N–H and O–H groups in total. The maximum atomic E-state index is 12.0. The zero-order valence-corrected chi connectivity index (χ0v) is 13.3. The fourth-order valence-corrected chi connectivity index (χ4v) is 2.89. The lowest BCUT2D eigenvalue weighted by atomic mass is 9.88. The molecule has 0 spiro atoms. The van der Waals surface area contributed by atoms with Crippen LogP contribution in [0.2, 0.25) is 0 Å². The molecule has 1 heterocycles. The highest BCUT2D eigenvalue weighted by Gasteiger charge is 2.35. The maximum absolute atomic E-state index is 12.0. The van der Waals surface area contributed by atoms with Crippen LogP contribution in [0.4, 0.5) is 0 Å². The van der Waals surface area contributed by atoms with Crippen LogP contribution in [0.15, 0.2) is 30.3 Å². The molecule has 0 aliphatic carbocycles. The third kappa shape index (κ3) is 4.05. The van der Waals surface area contributed by atoms with E-state index in [1.165, 1.54) is 0 Å². The van der Waals surface area contributed by atoms with Gasteiger partial charge >= 0.3 is 5.97 Å². The van der Waals surface area contributed by atoms with Crippen molar-refractivity contribution < 1.29 is 14.3 Å². The highest BCUT2D eigenvalue weighted by atomic mass is 16.6. The van der Waals surface area contributed by atoms with E-state index >= 15 is 0 Å². The summed E-state index contributed by atoms with van der Waals surface area (Å²) < 4.78 is 11.4. The molecule has 4 atom stereocenters. The minimum Gasteiger partial charge on any atom is -0.459 e. The van der Waals surface area contributed by atoms with Crippen LogP contribution in [0.3, 0.4) is 0 Å². The number of esters is 1. The number of nitrogens with zero attached hydrogens (tertiary/aromatic N) is 1. The molecule has 0 radical (unpaired) electrons. The first kappa shape index (κ1) is 16.0. The molecule has 0 bridgehead atoms. The highest BCUT2D eigenvalue weighted by Crippen LogP contribution is 2.28. The summed E-state index contributed by atoms with van der Waals surface area (Å²) in [6, 6.07) is 9.52. The molecule has 1 aliphatic rings. The number of hydrogen-bond donors (Lipinski definition) is 0. The Morgan fingerprint density at radius 3 is 2.57 bits per heavy atom. The van der Waals surface area contributed by atoms with Crippen LogP contribution in [0.1, 0.15) is 30.6 Å². The molecule has 2 rings (SSSR count). The Hall–Kier alpha value is -1.39. The Morgan fingerprint density at radius 2 is 1.95 bits per heavy atom. The fourth-order valence-electron chi connectivity index (χ4n) is 2.89. The predicted molar refractivity (Wildman–Crippen MR) is 82.3 cm³/mol. The molecule has 1 unspecified atom stereocenters. The summed E-state index contributed by atoms with van der Waals surface area (Å²) >= 11 is 0. The number of carbonyl (C=O) groups is 1. The molecule has 1 aromatic rings. The van der Waals surface area contributed by atoms with Crippen molar-refractivity contribution in [2.45, 2.75) is 38.5 Å². The Labute approximate surface area is 127 Å². The minimum absolute atomic E-state index is 0.0312. The van der Waals surface area contributed by atoms with E-state index in [0.717, 1.165) is 6.42 Å². The van der Waals surface area contributed by atoms with Crippen LogP contribution >= 0.6 is 0 Å². The van der Waals surface area contributed by atoms with Gasteiger partial charge in [-0.3, -0.25) is 0 Å². The van der Waals surface area contributed by atoms with Crippen molar-refractivity contribution in [1.82, 2.24) is 4.90 Å². The van der Waals surface area contributed by atoms with E-state index in [-0.39, 0.29) is 18.2 Å². The van der Waals surface area contributed by atoms with Crippen LogP contribution in [0.5, 0.6) is 0 Å². The van der Waals surface area contributed by atoms with E-state index in [0.29, 0.717) is 24.1 Å². The van der Waals surface area contributed by atoms with Gasteiger partial charge in [0, 0.05) is 6.04 Å². The second kappa shape index (κ2) is 7.05. The van der Waals surface area contributed by atoms with Crippen molar-refractivity contribution >= 4 is 5.97 Å². The smallest absolute Gasteiger partial charge is 0.338 e. The number of hydrogen-bond acceptors (Lipinski definition) is 4. The summed E-state index contributed by atoms with van der Waals surface area (Å²) in [4.78, 5) is 14.2. The molecule has 0 amide bonds. The van der Waals surface area contributed by atoms with Gasteiger partial charge < -0.3 is 14.4 Å². The van der Waals surface area contributed by atoms with Crippen LogP contribution < -0.4 is 0 Å². The first-order valence-corrected chi connectivity index (χ1v) is 7.53. The summed E-state index contributed by atoms with van der Waals surface area (Å²) in [5, 5.41) is 0. The Kier molecular flexibility index (Phi) is 5.37. The summed E-state index contributed by atoms with van der Waals surface area (Å²) in [5.41, 5.74) is 0.582. The molecule has 1 saturated heterocycles. The van der Waals surface area contributed by atoms with Gasteiger partial charge in [0.25, 0.3) is 0 Å².